The van der Waals surface area contributed by atoms with Crippen molar-refractivity contribution < 1.29 is 17.9 Å². The second-order valence-electron chi connectivity index (χ2n) is 7.26. The van der Waals surface area contributed by atoms with Gasteiger partial charge in [0.1, 0.15) is 11.5 Å². The fraction of sp³-hybridized carbons (Fsp3) is 0.154. The van der Waals surface area contributed by atoms with E-state index < -0.39 is 11.7 Å². The van der Waals surface area contributed by atoms with Gasteiger partial charge in [-0.1, -0.05) is 43.3 Å². The molecule has 30 heavy (non-hydrogen) atoms. The number of allylic oxidation sites excluding steroid dienone is 3. The molecular weight excluding hydrogens is 385 g/mol. The van der Waals surface area contributed by atoms with Crippen molar-refractivity contribution in [3.05, 3.63) is 101 Å². The number of rotatable bonds is 4. The van der Waals surface area contributed by atoms with Crippen molar-refractivity contribution in [2.75, 3.05) is 0 Å². The van der Waals surface area contributed by atoms with E-state index in [1.54, 1.807) is 6.07 Å². The van der Waals surface area contributed by atoms with Gasteiger partial charge in [0.15, 0.2) is 0 Å². The number of para-hydroxylation sites is 1. The number of alkyl halides is 3. The maximum Gasteiger partial charge on any atom is 0.416 e. The Kier molecular flexibility index (Phi) is 5.25. The fourth-order valence-corrected chi connectivity index (χ4v) is 3.87. The maximum atomic E-state index is 13.2. The maximum absolute atomic E-state index is 13.2. The molecule has 0 saturated carbocycles. The predicted molar refractivity (Wildman–Crippen MR) is 115 cm³/mol. The highest BCUT2D eigenvalue weighted by atomic mass is 19.4. The minimum Gasteiger partial charge on any atom is -0.457 e. The molecule has 3 aromatic carbocycles. The smallest absolute Gasteiger partial charge is 0.416 e. The summed E-state index contributed by atoms with van der Waals surface area (Å²) in [4.78, 5) is 0. The Balaban J connectivity index is 1.73. The third-order valence-electron chi connectivity index (χ3n) is 5.32. The van der Waals surface area contributed by atoms with Crippen LogP contribution in [0.5, 0.6) is 11.5 Å². The Labute approximate surface area is 174 Å². The molecule has 1 aliphatic rings. The first-order chi connectivity index (χ1) is 14.4. The zero-order chi connectivity index (χ0) is 21.3. The van der Waals surface area contributed by atoms with Crippen molar-refractivity contribution >= 4 is 17.2 Å². The van der Waals surface area contributed by atoms with E-state index in [9.17, 15) is 13.2 Å². The van der Waals surface area contributed by atoms with E-state index in [1.165, 1.54) is 6.07 Å². The molecule has 0 aliphatic heterocycles. The molecule has 0 aromatic heterocycles. The molecule has 0 bridgehead atoms. The summed E-state index contributed by atoms with van der Waals surface area (Å²) in [6.45, 7) is 3.95. The summed E-state index contributed by atoms with van der Waals surface area (Å²) >= 11 is 0. The molecule has 0 heterocycles. The monoisotopic (exact) mass is 406 g/mol. The van der Waals surface area contributed by atoms with Gasteiger partial charge in [-0.25, -0.2) is 0 Å². The standard InChI is InChI=1S/C26H21F3O/c1-3-22-17(2)24(23-13-12-19(16-25(22)23)26(27,28)29)15-18-8-7-11-21(14-18)30-20-9-5-4-6-10-20/h4-16H,3H2,1-2H3/b24-15-. The molecule has 1 nitrogen and oxygen atoms in total. The summed E-state index contributed by atoms with van der Waals surface area (Å²) in [7, 11) is 0. The van der Waals surface area contributed by atoms with Crippen LogP contribution in [-0.4, -0.2) is 0 Å². The SMILES string of the molecule is CCC1=C(C)/C(=C/c2cccc(Oc3ccccc3)c2)c2ccc(C(F)(F)F)cc21. The van der Waals surface area contributed by atoms with Gasteiger partial charge in [0.05, 0.1) is 5.56 Å². The molecule has 0 N–H and O–H groups in total. The highest BCUT2D eigenvalue weighted by molar-refractivity contribution is 6.05. The van der Waals surface area contributed by atoms with Gasteiger partial charge in [0, 0.05) is 0 Å². The summed E-state index contributed by atoms with van der Waals surface area (Å²) in [6.07, 6.45) is -1.66. The topological polar surface area (TPSA) is 9.23 Å². The van der Waals surface area contributed by atoms with Crippen LogP contribution in [0.25, 0.3) is 17.2 Å². The zero-order valence-corrected chi connectivity index (χ0v) is 16.8. The number of ether oxygens (including phenoxy) is 1. The van der Waals surface area contributed by atoms with E-state index in [-0.39, 0.29) is 0 Å². The minimum absolute atomic E-state index is 0.612. The first-order valence-electron chi connectivity index (χ1n) is 9.83. The molecule has 0 radical (unpaired) electrons. The van der Waals surface area contributed by atoms with Gasteiger partial charge in [-0.2, -0.15) is 13.2 Å². The summed E-state index contributed by atoms with van der Waals surface area (Å²) in [5, 5.41) is 0. The molecule has 0 saturated heterocycles. The zero-order valence-electron chi connectivity index (χ0n) is 16.8. The second kappa shape index (κ2) is 7.86. The van der Waals surface area contributed by atoms with Crippen LogP contribution in [0.4, 0.5) is 13.2 Å². The van der Waals surface area contributed by atoms with E-state index in [4.69, 9.17) is 4.74 Å². The Bertz CT molecular complexity index is 1140. The lowest BCUT2D eigenvalue weighted by Crippen LogP contribution is -2.05. The summed E-state index contributed by atoms with van der Waals surface area (Å²) in [5.74, 6) is 1.45. The van der Waals surface area contributed by atoms with E-state index >= 15 is 0 Å². The van der Waals surface area contributed by atoms with Crippen LogP contribution in [0.3, 0.4) is 0 Å². The van der Waals surface area contributed by atoms with E-state index in [1.807, 2.05) is 74.5 Å². The normalized spacial score (nSPS) is 14.9. The molecular formula is C26H21F3O. The van der Waals surface area contributed by atoms with Crippen molar-refractivity contribution in [1.29, 1.82) is 0 Å². The third kappa shape index (κ3) is 3.90. The number of fused-ring (bicyclic) bond motifs is 1. The molecule has 4 heteroatoms. The Morgan fingerprint density at radius 1 is 0.833 bits per heavy atom. The molecule has 0 unspecified atom stereocenters. The van der Waals surface area contributed by atoms with Gasteiger partial charge in [-0.15, -0.1) is 0 Å². The van der Waals surface area contributed by atoms with Crippen molar-refractivity contribution in [2.24, 2.45) is 0 Å². The van der Waals surface area contributed by atoms with Gasteiger partial charge in [0.25, 0.3) is 0 Å². The fourth-order valence-electron chi connectivity index (χ4n) is 3.87. The third-order valence-corrected chi connectivity index (χ3v) is 5.32. The largest absolute Gasteiger partial charge is 0.457 e. The second-order valence-corrected chi connectivity index (χ2v) is 7.26. The Morgan fingerprint density at radius 3 is 2.27 bits per heavy atom. The van der Waals surface area contributed by atoms with Crippen LogP contribution in [0.2, 0.25) is 0 Å². The van der Waals surface area contributed by atoms with Crippen LogP contribution < -0.4 is 4.74 Å². The molecule has 0 fully saturated rings. The molecule has 1 aliphatic carbocycles. The summed E-state index contributed by atoms with van der Waals surface area (Å²) < 4.78 is 45.5. The van der Waals surface area contributed by atoms with Crippen LogP contribution in [-0.2, 0) is 6.18 Å². The van der Waals surface area contributed by atoms with Crippen molar-refractivity contribution in [3.63, 3.8) is 0 Å². The van der Waals surface area contributed by atoms with Crippen LogP contribution in [0, 0.1) is 0 Å². The first-order valence-corrected chi connectivity index (χ1v) is 9.83. The number of hydrogen-bond donors (Lipinski definition) is 0. The highest BCUT2D eigenvalue weighted by Gasteiger charge is 2.33. The van der Waals surface area contributed by atoms with Crippen LogP contribution >= 0.6 is 0 Å². The Hall–Kier alpha value is -3.27. The van der Waals surface area contributed by atoms with E-state index in [0.29, 0.717) is 17.7 Å². The van der Waals surface area contributed by atoms with Gasteiger partial charge in [0.2, 0.25) is 0 Å². The predicted octanol–water partition coefficient (Wildman–Crippen LogP) is 8.24. The minimum atomic E-state index is -4.35. The average Bonchev–Trinajstić information content (AvgIpc) is 2.99. The lowest BCUT2D eigenvalue weighted by Gasteiger charge is -2.11. The van der Waals surface area contributed by atoms with Gasteiger partial charge < -0.3 is 4.74 Å². The molecule has 3 aromatic rings. The van der Waals surface area contributed by atoms with Crippen LogP contribution in [0.15, 0.2) is 78.4 Å². The molecule has 4 rings (SSSR count). The molecule has 152 valence electrons. The number of halogens is 3. The van der Waals surface area contributed by atoms with E-state index in [2.05, 4.69) is 0 Å². The number of benzene rings is 3. The van der Waals surface area contributed by atoms with Crippen LogP contribution in [0.1, 0.15) is 42.5 Å². The lowest BCUT2D eigenvalue weighted by atomic mass is 9.98. The van der Waals surface area contributed by atoms with Gasteiger partial charge in [-0.05, 0) is 89.2 Å². The first kappa shape index (κ1) is 20.0. The van der Waals surface area contributed by atoms with Crippen molar-refractivity contribution in [1.82, 2.24) is 0 Å². The highest BCUT2D eigenvalue weighted by Crippen LogP contribution is 2.45. The van der Waals surface area contributed by atoms with E-state index in [0.717, 1.165) is 39.7 Å². The molecule has 0 amide bonds. The van der Waals surface area contributed by atoms with Crippen molar-refractivity contribution in [2.45, 2.75) is 26.4 Å². The van der Waals surface area contributed by atoms with Gasteiger partial charge in [-0.3, -0.25) is 0 Å². The van der Waals surface area contributed by atoms with Gasteiger partial charge >= 0.3 is 6.18 Å². The summed E-state index contributed by atoms with van der Waals surface area (Å²) in [5.41, 5.74) is 4.76. The summed E-state index contributed by atoms with van der Waals surface area (Å²) in [6, 6.07) is 21.2. The quantitative estimate of drug-likeness (QED) is 0.424. The number of hydrogen-bond acceptors (Lipinski definition) is 1. The Morgan fingerprint density at radius 2 is 1.57 bits per heavy atom. The molecule has 0 spiro atoms. The lowest BCUT2D eigenvalue weighted by molar-refractivity contribution is -0.137. The van der Waals surface area contributed by atoms with Crippen molar-refractivity contribution in [3.8, 4) is 11.5 Å². The average molecular weight is 406 g/mol. The molecule has 0 atom stereocenters.